The second-order valence-corrected chi connectivity index (χ2v) is 6.78. The molecule has 0 amide bonds. The maximum absolute atomic E-state index is 11.0. The number of carbonyl (C=O) groups is 3. The minimum atomic E-state index is -1.05. The molecule has 0 unspecified atom stereocenters. The Bertz CT molecular complexity index is 798. The van der Waals surface area contributed by atoms with E-state index in [0.29, 0.717) is 19.3 Å². The highest BCUT2D eigenvalue weighted by Crippen LogP contribution is 2.06. The lowest BCUT2D eigenvalue weighted by atomic mass is 10.0. The Morgan fingerprint density at radius 2 is 1.33 bits per heavy atom. The second kappa shape index (κ2) is 13.1. The molecule has 0 radical (unpaired) electrons. The van der Waals surface area contributed by atoms with E-state index in [-0.39, 0.29) is 0 Å². The SMILES string of the molecule is C[C@@H](N[C@@H](CCc1ccccc1)C(=O)O)C(=O)O.N[C@@H](Cc1ccccc1)C(=O)O. The van der Waals surface area contributed by atoms with Gasteiger partial charge in [-0.05, 0) is 37.3 Å². The number of aliphatic carboxylic acids is 3. The molecule has 0 aromatic heterocycles. The highest BCUT2D eigenvalue weighted by Gasteiger charge is 2.22. The fraction of sp³-hybridized carbons (Fsp3) is 0.318. The normalized spacial score (nSPS) is 13.3. The van der Waals surface area contributed by atoms with Gasteiger partial charge in [0.25, 0.3) is 0 Å². The van der Waals surface area contributed by atoms with Crippen molar-refractivity contribution in [2.75, 3.05) is 0 Å². The van der Waals surface area contributed by atoms with Crippen LogP contribution in [0.15, 0.2) is 60.7 Å². The Kier molecular flexibility index (Phi) is 10.8. The molecule has 0 aliphatic rings. The summed E-state index contributed by atoms with van der Waals surface area (Å²) >= 11 is 0. The van der Waals surface area contributed by atoms with E-state index >= 15 is 0 Å². The lowest BCUT2D eigenvalue weighted by Gasteiger charge is -2.17. The van der Waals surface area contributed by atoms with Crippen LogP contribution >= 0.6 is 0 Å². The van der Waals surface area contributed by atoms with E-state index in [2.05, 4.69) is 5.32 Å². The van der Waals surface area contributed by atoms with Crippen LogP contribution in [0, 0.1) is 0 Å². The first-order chi connectivity index (χ1) is 14.2. The molecule has 8 nitrogen and oxygen atoms in total. The smallest absolute Gasteiger partial charge is 0.320 e. The maximum atomic E-state index is 11.0. The summed E-state index contributed by atoms with van der Waals surface area (Å²) in [6.45, 7) is 1.43. The van der Waals surface area contributed by atoms with E-state index in [1.807, 2.05) is 60.7 Å². The van der Waals surface area contributed by atoms with Gasteiger partial charge in [0.05, 0.1) is 0 Å². The van der Waals surface area contributed by atoms with Crippen LogP contribution in [0.1, 0.15) is 24.5 Å². The number of nitrogens with two attached hydrogens (primary N) is 1. The third-order valence-corrected chi connectivity index (χ3v) is 4.30. The van der Waals surface area contributed by atoms with Crippen LogP contribution in [0.25, 0.3) is 0 Å². The first-order valence-corrected chi connectivity index (χ1v) is 9.48. The first-order valence-electron chi connectivity index (χ1n) is 9.48. The third kappa shape index (κ3) is 9.81. The van der Waals surface area contributed by atoms with E-state index in [9.17, 15) is 14.4 Å². The highest BCUT2D eigenvalue weighted by molar-refractivity contribution is 5.77. The van der Waals surface area contributed by atoms with Gasteiger partial charge in [0.1, 0.15) is 18.1 Å². The molecule has 2 rings (SSSR count). The van der Waals surface area contributed by atoms with Gasteiger partial charge in [-0.1, -0.05) is 60.7 Å². The minimum absolute atomic E-state index is 0.358. The van der Waals surface area contributed by atoms with Crippen molar-refractivity contribution in [2.24, 2.45) is 5.73 Å². The zero-order chi connectivity index (χ0) is 22.5. The molecule has 0 bridgehead atoms. The molecule has 6 N–H and O–H groups in total. The molecule has 2 aromatic carbocycles. The van der Waals surface area contributed by atoms with Crippen molar-refractivity contribution < 1.29 is 29.7 Å². The lowest BCUT2D eigenvalue weighted by molar-refractivity contribution is -0.142. The van der Waals surface area contributed by atoms with E-state index < -0.39 is 36.0 Å². The molecule has 0 spiro atoms. The van der Waals surface area contributed by atoms with Crippen molar-refractivity contribution in [1.82, 2.24) is 5.32 Å². The molecule has 0 saturated heterocycles. The Balaban J connectivity index is 0.000000325. The number of rotatable bonds is 10. The van der Waals surface area contributed by atoms with Gasteiger partial charge in [-0.15, -0.1) is 0 Å². The summed E-state index contributed by atoms with van der Waals surface area (Å²) in [5.41, 5.74) is 7.34. The average molecular weight is 416 g/mol. The van der Waals surface area contributed by atoms with Crippen LogP contribution in [0.5, 0.6) is 0 Å². The van der Waals surface area contributed by atoms with Gasteiger partial charge in [0, 0.05) is 0 Å². The van der Waals surface area contributed by atoms with Crippen molar-refractivity contribution in [2.45, 2.75) is 44.3 Å². The molecule has 30 heavy (non-hydrogen) atoms. The van der Waals surface area contributed by atoms with E-state index in [0.717, 1.165) is 11.1 Å². The average Bonchev–Trinajstić information content (AvgIpc) is 2.72. The zero-order valence-corrected chi connectivity index (χ0v) is 16.8. The van der Waals surface area contributed by atoms with Crippen LogP contribution < -0.4 is 11.1 Å². The van der Waals surface area contributed by atoms with Crippen LogP contribution in [0.4, 0.5) is 0 Å². The summed E-state index contributed by atoms with van der Waals surface area (Å²) in [6.07, 6.45) is 1.34. The summed E-state index contributed by atoms with van der Waals surface area (Å²) in [5, 5.41) is 28.9. The second-order valence-electron chi connectivity index (χ2n) is 6.78. The monoisotopic (exact) mass is 416 g/mol. The molecule has 0 fully saturated rings. The number of carboxylic acids is 3. The van der Waals surface area contributed by atoms with Gasteiger partial charge < -0.3 is 21.1 Å². The summed E-state index contributed by atoms with van der Waals surface area (Å²) in [7, 11) is 0. The molecule has 0 aliphatic carbocycles. The molecule has 0 aliphatic heterocycles. The van der Waals surface area contributed by atoms with Gasteiger partial charge in [-0.3, -0.25) is 19.7 Å². The third-order valence-electron chi connectivity index (χ3n) is 4.30. The van der Waals surface area contributed by atoms with Crippen molar-refractivity contribution in [1.29, 1.82) is 0 Å². The summed E-state index contributed by atoms with van der Waals surface area (Å²) in [4.78, 5) is 32.1. The Labute approximate surface area is 175 Å². The fourth-order valence-corrected chi connectivity index (χ4v) is 2.56. The van der Waals surface area contributed by atoms with Gasteiger partial charge in [-0.2, -0.15) is 0 Å². The van der Waals surface area contributed by atoms with Crippen LogP contribution in [0.3, 0.4) is 0 Å². The number of nitrogens with one attached hydrogen (secondary N) is 1. The van der Waals surface area contributed by atoms with Crippen molar-refractivity contribution in [3.05, 3.63) is 71.8 Å². The molecule has 2 aromatic rings. The Hall–Kier alpha value is -3.23. The van der Waals surface area contributed by atoms with Crippen LogP contribution in [-0.4, -0.2) is 51.4 Å². The standard InChI is InChI=1S/C13H17NO4.C9H11NO2/c1-9(12(15)16)14-11(13(17)18)8-7-10-5-3-2-4-6-10;10-8(9(11)12)6-7-4-2-1-3-5-7/h2-6,9,11,14H,7-8H2,1H3,(H,15,16)(H,17,18);1-5,8H,6,10H2,(H,11,12)/t9-,11+;8-/m10/s1. The topological polar surface area (TPSA) is 150 Å². The molecular formula is C22H28N2O6. The largest absolute Gasteiger partial charge is 0.480 e. The van der Waals surface area contributed by atoms with Crippen molar-refractivity contribution >= 4 is 17.9 Å². The number of hydrogen-bond acceptors (Lipinski definition) is 5. The predicted octanol–water partition coefficient (Wildman–Crippen LogP) is 1.78. The van der Waals surface area contributed by atoms with Gasteiger partial charge in [-0.25, -0.2) is 0 Å². The van der Waals surface area contributed by atoms with Gasteiger partial charge in [0.2, 0.25) is 0 Å². The van der Waals surface area contributed by atoms with E-state index in [1.54, 1.807) is 0 Å². The number of benzene rings is 2. The van der Waals surface area contributed by atoms with Gasteiger partial charge >= 0.3 is 17.9 Å². The number of aryl methyl sites for hydroxylation is 1. The highest BCUT2D eigenvalue weighted by atomic mass is 16.4. The fourth-order valence-electron chi connectivity index (χ4n) is 2.56. The zero-order valence-electron chi connectivity index (χ0n) is 16.8. The molecule has 0 heterocycles. The molecule has 8 heteroatoms. The molecular weight excluding hydrogens is 388 g/mol. The van der Waals surface area contributed by atoms with Crippen molar-refractivity contribution in [3.63, 3.8) is 0 Å². The summed E-state index contributed by atoms with van der Waals surface area (Å²) in [5.74, 6) is -3.04. The minimum Gasteiger partial charge on any atom is -0.480 e. The number of carboxylic acid groups (broad SMARTS) is 3. The van der Waals surface area contributed by atoms with E-state index in [1.165, 1.54) is 6.92 Å². The van der Waals surface area contributed by atoms with E-state index in [4.69, 9.17) is 21.1 Å². The molecule has 162 valence electrons. The Morgan fingerprint density at radius 3 is 1.77 bits per heavy atom. The lowest BCUT2D eigenvalue weighted by Crippen LogP contribution is -2.45. The molecule has 3 atom stereocenters. The number of hydrogen-bond donors (Lipinski definition) is 5. The summed E-state index contributed by atoms with van der Waals surface area (Å²) in [6, 6.07) is 16.3. The van der Waals surface area contributed by atoms with Crippen molar-refractivity contribution in [3.8, 4) is 0 Å². The van der Waals surface area contributed by atoms with Crippen LogP contribution in [0.2, 0.25) is 0 Å². The molecule has 0 saturated carbocycles. The first kappa shape index (κ1) is 24.8. The summed E-state index contributed by atoms with van der Waals surface area (Å²) < 4.78 is 0. The van der Waals surface area contributed by atoms with Crippen LogP contribution in [-0.2, 0) is 27.2 Å². The predicted molar refractivity (Wildman–Crippen MR) is 112 cm³/mol. The van der Waals surface area contributed by atoms with Gasteiger partial charge in [0.15, 0.2) is 0 Å². The Morgan fingerprint density at radius 1 is 0.833 bits per heavy atom. The maximum Gasteiger partial charge on any atom is 0.320 e. The quantitative estimate of drug-likeness (QED) is 0.393.